The van der Waals surface area contributed by atoms with E-state index in [1.165, 1.54) is 12.1 Å². The Hall–Kier alpha value is -3.19. The molecule has 0 bridgehead atoms. The van der Waals surface area contributed by atoms with Gasteiger partial charge in [-0.3, -0.25) is 4.79 Å². The molecular weight excluding hydrogens is 449 g/mol. The number of urea groups is 1. The molecule has 0 radical (unpaired) electrons. The number of rotatable bonds is 8. The number of halogens is 1. The van der Waals surface area contributed by atoms with Crippen LogP contribution in [0.5, 0.6) is 0 Å². The Morgan fingerprint density at radius 1 is 0.971 bits per heavy atom. The van der Waals surface area contributed by atoms with E-state index in [-0.39, 0.29) is 30.3 Å². The highest BCUT2D eigenvalue weighted by Gasteiger charge is 2.25. The lowest BCUT2D eigenvalue weighted by molar-refractivity contribution is -0.133. The van der Waals surface area contributed by atoms with Crippen molar-refractivity contribution in [1.82, 2.24) is 9.80 Å². The number of nitrogens with zero attached hydrogens (tertiary/aromatic N) is 2. The largest absolute Gasteiger partial charge is 0.332 e. The first kappa shape index (κ1) is 25.4. The molecule has 1 N–H and O–H groups in total. The van der Waals surface area contributed by atoms with Crippen molar-refractivity contribution in [2.24, 2.45) is 0 Å². The van der Waals surface area contributed by atoms with E-state index in [9.17, 15) is 14.0 Å². The Balaban J connectivity index is 1.79. The Bertz CT molecular complexity index is 1140. The minimum Gasteiger partial charge on any atom is -0.332 e. The van der Waals surface area contributed by atoms with Gasteiger partial charge in [-0.05, 0) is 86.5 Å². The number of nitrogens with one attached hydrogen (secondary N) is 1. The summed E-state index contributed by atoms with van der Waals surface area (Å²) in [7, 11) is 0. The first-order valence-corrected chi connectivity index (χ1v) is 12.2. The summed E-state index contributed by atoms with van der Waals surface area (Å²) in [5.74, 6) is -0.480. The fourth-order valence-corrected chi connectivity index (χ4v) is 4.51. The predicted octanol–water partition coefficient (Wildman–Crippen LogP) is 6.28. The predicted molar refractivity (Wildman–Crippen MR) is 136 cm³/mol. The lowest BCUT2D eigenvalue weighted by Crippen LogP contribution is -2.47. The zero-order valence-electron chi connectivity index (χ0n) is 20.4. The molecule has 0 unspecified atom stereocenters. The molecule has 3 amide bonds. The first-order valence-electron chi connectivity index (χ1n) is 11.3. The Morgan fingerprint density at radius 3 is 2.29 bits per heavy atom. The van der Waals surface area contributed by atoms with E-state index in [1.54, 1.807) is 33.3 Å². The molecule has 0 aliphatic carbocycles. The molecule has 5 nitrogen and oxygen atoms in total. The molecule has 1 heterocycles. The van der Waals surface area contributed by atoms with E-state index in [0.29, 0.717) is 13.1 Å². The van der Waals surface area contributed by atoms with Gasteiger partial charge in [0.1, 0.15) is 12.4 Å². The topological polar surface area (TPSA) is 52.7 Å². The third-order valence-electron chi connectivity index (χ3n) is 5.98. The second-order valence-electron chi connectivity index (χ2n) is 8.80. The van der Waals surface area contributed by atoms with Gasteiger partial charge >= 0.3 is 6.03 Å². The molecule has 0 spiro atoms. The lowest BCUT2D eigenvalue weighted by Gasteiger charge is -2.30. The minimum absolute atomic E-state index is 0.0556. The van der Waals surface area contributed by atoms with Crippen LogP contribution in [0.4, 0.5) is 14.9 Å². The quantitative estimate of drug-likeness (QED) is 0.411. The van der Waals surface area contributed by atoms with Gasteiger partial charge in [0.2, 0.25) is 5.91 Å². The molecule has 7 heteroatoms. The van der Waals surface area contributed by atoms with Crippen molar-refractivity contribution in [2.45, 2.75) is 53.8 Å². The highest BCUT2D eigenvalue weighted by molar-refractivity contribution is 7.10. The van der Waals surface area contributed by atoms with Crippen molar-refractivity contribution in [2.75, 3.05) is 11.9 Å². The van der Waals surface area contributed by atoms with Crippen LogP contribution in [-0.4, -0.2) is 34.3 Å². The second kappa shape index (κ2) is 11.3. The van der Waals surface area contributed by atoms with Gasteiger partial charge < -0.3 is 15.1 Å². The number of anilines is 1. The molecule has 0 saturated heterocycles. The van der Waals surface area contributed by atoms with Crippen LogP contribution in [0, 0.1) is 26.6 Å². The summed E-state index contributed by atoms with van der Waals surface area (Å²) in [6.45, 7) is 10.5. The number of carbonyl (C=O) groups is 2. The number of benzene rings is 2. The van der Waals surface area contributed by atoms with Crippen molar-refractivity contribution in [3.8, 4) is 0 Å². The van der Waals surface area contributed by atoms with E-state index in [2.05, 4.69) is 5.32 Å². The van der Waals surface area contributed by atoms with Crippen molar-refractivity contribution >= 4 is 29.0 Å². The average Bonchev–Trinajstić information content (AvgIpc) is 3.20. The molecular formula is C27H32FN3O2S. The number of hydrogen-bond donors (Lipinski definition) is 1. The molecule has 3 rings (SSSR count). The standard InChI is InChI=1S/C27H32FN3O2S/c1-18(2)31(27(33)29-24-8-6-7-19(3)21(24)5)17-26(32)30(16-25-20(4)13-14-34-25)15-22-9-11-23(28)12-10-22/h6-14,18H,15-17H2,1-5H3,(H,29,33). The normalized spacial score (nSPS) is 10.9. The lowest BCUT2D eigenvalue weighted by atomic mass is 10.1. The van der Waals surface area contributed by atoms with Gasteiger partial charge in [0.25, 0.3) is 0 Å². The van der Waals surface area contributed by atoms with Crippen molar-refractivity contribution in [1.29, 1.82) is 0 Å². The molecule has 180 valence electrons. The zero-order valence-corrected chi connectivity index (χ0v) is 21.2. The third-order valence-corrected chi connectivity index (χ3v) is 6.99. The molecule has 0 saturated carbocycles. The van der Waals surface area contributed by atoms with Crippen molar-refractivity contribution < 1.29 is 14.0 Å². The average molecular weight is 482 g/mol. The van der Waals surface area contributed by atoms with Crippen LogP contribution in [0.25, 0.3) is 0 Å². The number of carbonyl (C=O) groups excluding carboxylic acids is 2. The van der Waals surface area contributed by atoms with Gasteiger partial charge in [0, 0.05) is 23.2 Å². The van der Waals surface area contributed by atoms with Crippen LogP contribution in [-0.2, 0) is 17.9 Å². The van der Waals surface area contributed by atoms with Crippen LogP contribution >= 0.6 is 11.3 Å². The zero-order chi connectivity index (χ0) is 24.8. The first-order chi connectivity index (χ1) is 16.2. The molecule has 0 aliphatic heterocycles. The minimum atomic E-state index is -0.315. The number of thiophene rings is 1. The van der Waals surface area contributed by atoms with Crippen LogP contribution < -0.4 is 5.32 Å². The van der Waals surface area contributed by atoms with Crippen LogP contribution in [0.15, 0.2) is 53.9 Å². The van der Waals surface area contributed by atoms with E-state index >= 15 is 0 Å². The summed E-state index contributed by atoms with van der Waals surface area (Å²) in [6, 6.07) is 13.5. The van der Waals surface area contributed by atoms with Crippen molar-refractivity contribution in [3.63, 3.8) is 0 Å². The smallest absolute Gasteiger partial charge is 0.322 e. The Morgan fingerprint density at radius 2 is 1.68 bits per heavy atom. The highest BCUT2D eigenvalue weighted by atomic mass is 32.1. The summed E-state index contributed by atoms with van der Waals surface area (Å²) in [5, 5.41) is 4.97. The van der Waals surface area contributed by atoms with Gasteiger partial charge in [-0.15, -0.1) is 11.3 Å². The van der Waals surface area contributed by atoms with Gasteiger partial charge in [-0.1, -0.05) is 24.3 Å². The maximum Gasteiger partial charge on any atom is 0.322 e. The molecule has 34 heavy (non-hydrogen) atoms. The van der Waals surface area contributed by atoms with Gasteiger partial charge in [0.15, 0.2) is 0 Å². The Kier molecular flexibility index (Phi) is 8.45. The van der Waals surface area contributed by atoms with Crippen LogP contribution in [0.3, 0.4) is 0 Å². The summed E-state index contributed by atoms with van der Waals surface area (Å²) >= 11 is 1.60. The van der Waals surface area contributed by atoms with Gasteiger partial charge in [-0.2, -0.15) is 0 Å². The fraction of sp³-hybridized carbons (Fsp3) is 0.333. The summed E-state index contributed by atoms with van der Waals surface area (Å²) in [4.78, 5) is 31.0. The number of hydrogen-bond acceptors (Lipinski definition) is 3. The molecule has 3 aromatic rings. The third kappa shape index (κ3) is 6.44. The van der Waals surface area contributed by atoms with E-state index in [1.807, 2.05) is 64.3 Å². The summed E-state index contributed by atoms with van der Waals surface area (Å²) < 4.78 is 13.4. The van der Waals surface area contributed by atoms with E-state index in [0.717, 1.165) is 32.8 Å². The second-order valence-corrected chi connectivity index (χ2v) is 9.80. The fourth-order valence-electron chi connectivity index (χ4n) is 3.59. The van der Waals surface area contributed by atoms with Gasteiger partial charge in [-0.25, -0.2) is 9.18 Å². The SMILES string of the molecule is Cc1ccsc1CN(Cc1ccc(F)cc1)C(=O)CN(C(=O)Nc1cccc(C)c1C)C(C)C. The number of aryl methyl sites for hydroxylation is 2. The van der Waals surface area contributed by atoms with E-state index < -0.39 is 0 Å². The monoisotopic (exact) mass is 481 g/mol. The molecule has 0 aliphatic rings. The van der Waals surface area contributed by atoms with Crippen molar-refractivity contribution in [3.05, 3.63) is 86.9 Å². The molecule has 0 fully saturated rings. The Labute approximate surface area is 205 Å². The highest BCUT2D eigenvalue weighted by Crippen LogP contribution is 2.21. The van der Waals surface area contributed by atoms with Gasteiger partial charge in [0.05, 0.1) is 6.54 Å². The van der Waals surface area contributed by atoms with Crippen LogP contribution in [0.1, 0.15) is 41.0 Å². The van der Waals surface area contributed by atoms with E-state index in [4.69, 9.17) is 0 Å². The van der Waals surface area contributed by atoms with Crippen LogP contribution in [0.2, 0.25) is 0 Å². The molecule has 2 aromatic carbocycles. The molecule has 1 aromatic heterocycles. The molecule has 0 atom stereocenters. The summed E-state index contributed by atoms with van der Waals surface area (Å²) in [6.07, 6.45) is 0. The summed E-state index contributed by atoms with van der Waals surface area (Å²) in [5.41, 5.74) is 4.77. The number of amides is 3. The maximum absolute atomic E-state index is 13.5. The maximum atomic E-state index is 13.5.